The smallest absolute Gasteiger partial charge is 0.319 e. The van der Waals surface area contributed by atoms with Gasteiger partial charge in [-0.2, -0.15) is 0 Å². The van der Waals surface area contributed by atoms with Crippen LogP contribution in [0.5, 0.6) is 0 Å². The highest BCUT2D eigenvalue weighted by Crippen LogP contribution is 2.27. The molecule has 4 N–H and O–H groups in total. The van der Waals surface area contributed by atoms with E-state index in [1.165, 1.54) is 0 Å². The van der Waals surface area contributed by atoms with Crippen LogP contribution in [0.15, 0.2) is 18.2 Å². The molecule has 0 bridgehead atoms. The average Bonchev–Trinajstić information content (AvgIpc) is 2.58. The van der Waals surface area contributed by atoms with E-state index in [0.717, 1.165) is 0 Å². The number of anilines is 2. The number of carbonyl (C=O) groups excluding carboxylic acids is 2. The lowest BCUT2D eigenvalue weighted by Crippen LogP contribution is -2.55. The molecule has 0 radical (unpaired) electrons. The van der Waals surface area contributed by atoms with Gasteiger partial charge in [-0.25, -0.2) is 4.79 Å². The van der Waals surface area contributed by atoms with Crippen molar-refractivity contribution >= 4 is 40.9 Å². The highest BCUT2D eigenvalue weighted by atomic mass is 35.5. The topological polar surface area (TPSA) is 111 Å². The van der Waals surface area contributed by atoms with Gasteiger partial charge in [-0.3, -0.25) is 14.5 Å². The molecule has 0 aromatic heterocycles. The number of urea groups is 1. The summed E-state index contributed by atoms with van der Waals surface area (Å²) in [6.45, 7) is 4.33. The van der Waals surface area contributed by atoms with Crippen LogP contribution in [0.3, 0.4) is 0 Å². The minimum absolute atomic E-state index is 0.00592. The average molecular weight is 397 g/mol. The van der Waals surface area contributed by atoms with Crippen molar-refractivity contribution in [1.29, 1.82) is 0 Å². The van der Waals surface area contributed by atoms with Crippen molar-refractivity contribution in [2.45, 2.75) is 45.2 Å². The lowest BCUT2D eigenvalue weighted by Gasteiger charge is -2.42. The molecule has 0 aliphatic heterocycles. The largest absolute Gasteiger partial charge is 0.480 e. The molecule has 1 aromatic rings. The van der Waals surface area contributed by atoms with Crippen molar-refractivity contribution < 1.29 is 19.5 Å². The van der Waals surface area contributed by atoms with Crippen molar-refractivity contribution in [3.63, 3.8) is 0 Å². The van der Waals surface area contributed by atoms with Crippen molar-refractivity contribution in [3.8, 4) is 0 Å². The van der Waals surface area contributed by atoms with E-state index < -0.39 is 5.97 Å². The summed E-state index contributed by atoms with van der Waals surface area (Å²) >= 11 is 6.11. The molecule has 0 unspecified atom stereocenters. The van der Waals surface area contributed by atoms with Gasteiger partial charge in [0.1, 0.15) is 0 Å². The molecule has 2 rings (SSSR count). The van der Waals surface area contributed by atoms with Gasteiger partial charge in [-0.15, -0.1) is 0 Å². The second-order valence-electron chi connectivity index (χ2n) is 6.47. The van der Waals surface area contributed by atoms with Gasteiger partial charge < -0.3 is 21.1 Å². The Hall–Kier alpha value is -2.32. The molecule has 1 aliphatic rings. The first-order chi connectivity index (χ1) is 12.8. The number of carboxylic acid groups (broad SMARTS) is 1. The van der Waals surface area contributed by atoms with Crippen LogP contribution in [0.2, 0.25) is 5.02 Å². The standard InChI is InChI=1S/C18H25ClN4O4/c1-3-16(24)20-11-5-6-14(19)15(9-11)22-18(27)21-12-7-13(8-12)23(4-2)10-17(25)26/h5-6,9,12-13H,3-4,7-8,10H2,1-2H3,(H,20,24)(H,25,26)(H2,21,22,27). The zero-order valence-corrected chi connectivity index (χ0v) is 16.2. The zero-order chi connectivity index (χ0) is 20.0. The SMILES string of the molecule is CCC(=O)Nc1ccc(Cl)c(NC(=O)NC2CC(N(CC)CC(=O)O)C2)c1. The number of carboxylic acids is 1. The van der Waals surface area contributed by atoms with E-state index >= 15 is 0 Å². The molecule has 1 fully saturated rings. The van der Waals surface area contributed by atoms with E-state index in [2.05, 4.69) is 16.0 Å². The van der Waals surface area contributed by atoms with Crippen molar-refractivity contribution in [2.75, 3.05) is 23.7 Å². The van der Waals surface area contributed by atoms with Crippen LogP contribution < -0.4 is 16.0 Å². The second kappa shape index (κ2) is 9.57. The Morgan fingerprint density at radius 2 is 1.93 bits per heavy atom. The fourth-order valence-electron chi connectivity index (χ4n) is 2.97. The van der Waals surface area contributed by atoms with Crippen molar-refractivity contribution in [3.05, 3.63) is 23.2 Å². The molecule has 148 valence electrons. The van der Waals surface area contributed by atoms with E-state index in [1.54, 1.807) is 25.1 Å². The van der Waals surface area contributed by atoms with Gasteiger partial charge in [0.15, 0.2) is 0 Å². The number of benzene rings is 1. The van der Waals surface area contributed by atoms with Gasteiger partial charge in [0, 0.05) is 24.2 Å². The number of aliphatic carboxylic acids is 1. The van der Waals surface area contributed by atoms with E-state index in [1.807, 2.05) is 11.8 Å². The Morgan fingerprint density at radius 3 is 2.52 bits per heavy atom. The molecule has 0 atom stereocenters. The third-order valence-corrected chi connectivity index (χ3v) is 4.86. The third-order valence-electron chi connectivity index (χ3n) is 4.53. The summed E-state index contributed by atoms with van der Waals surface area (Å²) in [5.74, 6) is -0.981. The second-order valence-corrected chi connectivity index (χ2v) is 6.88. The lowest BCUT2D eigenvalue weighted by molar-refractivity contribution is -0.139. The van der Waals surface area contributed by atoms with Crippen LogP contribution in [0.4, 0.5) is 16.2 Å². The molecule has 1 aliphatic carbocycles. The molecule has 0 heterocycles. The first-order valence-corrected chi connectivity index (χ1v) is 9.32. The number of carbonyl (C=O) groups is 3. The van der Waals surface area contributed by atoms with E-state index in [4.69, 9.17) is 16.7 Å². The molecular formula is C18H25ClN4O4. The number of nitrogens with one attached hydrogen (secondary N) is 3. The van der Waals surface area contributed by atoms with E-state index in [-0.39, 0.29) is 30.6 Å². The van der Waals surface area contributed by atoms with Crippen molar-refractivity contribution in [1.82, 2.24) is 10.2 Å². The van der Waals surface area contributed by atoms with Gasteiger partial charge >= 0.3 is 12.0 Å². The molecule has 0 saturated heterocycles. The number of halogens is 1. The van der Waals surface area contributed by atoms with Crippen LogP contribution in [0, 0.1) is 0 Å². The summed E-state index contributed by atoms with van der Waals surface area (Å²) < 4.78 is 0. The molecule has 1 aromatic carbocycles. The molecule has 1 saturated carbocycles. The number of likely N-dealkylation sites (N-methyl/N-ethyl adjacent to an activating group) is 1. The van der Waals surface area contributed by atoms with Gasteiger partial charge in [0.2, 0.25) is 5.91 Å². The summed E-state index contributed by atoms with van der Waals surface area (Å²) in [5.41, 5.74) is 0.956. The van der Waals surface area contributed by atoms with Crippen LogP contribution in [-0.4, -0.2) is 53.1 Å². The summed E-state index contributed by atoms with van der Waals surface area (Å²) in [7, 11) is 0. The predicted molar refractivity (Wildman–Crippen MR) is 104 cm³/mol. The maximum atomic E-state index is 12.2. The first-order valence-electron chi connectivity index (χ1n) is 8.95. The maximum absolute atomic E-state index is 12.2. The summed E-state index contributed by atoms with van der Waals surface area (Å²) in [5, 5.41) is 17.5. The molecular weight excluding hydrogens is 372 g/mol. The molecule has 27 heavy (non-hydrogen) atoms. The lowest BCUT2D eigenvalue weighted by atomic mass is 9.85. The monoisotopic (exact) mass is 396 g/mol. The third kappa shape index (κ3) is 6.11. The maximum Gasteiger partial charge on any atom is 0.319 e. The molecule has 0 spiro atoms. The van der Waals surface area contributed by atoms with Gasteiger partial charge in [-0.1, -0.05) is 25.4 Å². The Kier molecular flexibility index (Phi) is 7.44. The quantitative estimate of drug-likeness (QED) is 0.540. The molecule has 9 heteroatoms. The van der Waals surface area contributed by atoms with Crippen LogP contribution in [0.25, 0.3) is 0 Å². The van der Waals surface area contributed by atoms with Crippen molar-refractivity contribution in [2.24, 2.45) is 0 Å². The Labute approximate surface area is 163 Å². The Bertz CT molecular complexity index is 707. The van der Waals surface area contributed by atoms with Gasteiger partial charge in [0.25, 0.3) is 0 Å². The summed E-state index contributed by atoms with van der Waals surface area (Å²) in [4.78, 5) is 36.4. The Morgan fingerprint density at radius 1 is 1.22 bits per heavy atom. The number of rotatable bonds is 8. The molecule has 3 amide bonds. The van der Waals surface area contributed by atoms with E-state index in [9.17, 15) is 14.4 Å². The number of amides is 3. The first kappa shape index (κ1) is 21.0. The van der Waals surface area contributed by atoms with E-state index in [0.29, 0.717) is 42.2 Å². The zero-order valence-electron chi connectivity index (χ0n) is 15.4. The summed E-state index contributed by atoms with van der Waals surface area (Å²) in [6.07, 6.45) is 1.76. The van der Waals surface area contributed by atoms with Crippen LogP contribution in [0.1, 0.15) is 33.1 Å². The normalized spacial score (nSPS) is 18.5. The molecule has 8 nitrogen and oxygen atoms in total. The van der Waals surface area contributed by atoms with Crippen LogP contribution >= 0.6 is 11.6 Å². The van der Waals surface area contributed by atoms with Gasteiger partial charge in [0.05, 0.1) is 17.3 Å². The minimum atomic E-state index is -0.851. The number of nitrogens with zero attached hydrogens (tertiary/aromatic N) is 1. The predicted octanol–water partition coefficient (Wildman–Crippen LogP) is 2.75. The minimum Gasteiger partial charge on any atom is -0.480 e. The fraction of sp³-hybridized carbons (Fsp3) is 0.500. The number of hydrogen-bond acceptors (Lipinski definition) is 4. The highest BCUT2D eigenvalue weighted by molar-refractivity contribution is 6.33. The fourth-order valence-corrected chi connectivity index (χ4v) is 3.13. The van der Waals surface area contributed by atoms with Crippen LogP contribution in [-0.2, 0) is 9.59 Å². The van der Waals surface area contributed by atoms with Gasteiger partial charge in [-0.05, 0) is 37.6 Å². The summed E-state index contributed by atoms with van der Waals surface area (Å²) in [6, 6.07) is 4.63. The number of hydrogen-bond donors (Lipinski definition) is 4. The Balaban J connectivity index is 1.85. The highest BCUT2D eigenvalue weighted by Gasteiger charge is 2.34.